The van der Waals surface area contributed by atoms with E-state index < -0.39 is 0 Å². The molecular formula is C17H42NSi+. The van der Waals surface area contributed by atoms with Gasteiger partial charge in [0, 0.05) is 8.80 Å². The standard InChI is InChI=1S/C9H22Si.C8H20N/c1-4-7-10(8-5-2)9-6-3;1-5-9(6-2,7-3)8-4/h10H,4-9H2,1-3H3;5-8H2,1-4H3/q;+1. The number of nitrogens with zero attached hydrogens (tertiary/aromatic N) is 1. The van der Waals surface area contributed by atoms with E-state index in [4.69, 9.17) is 0 Å². The van der Waals surface area contributed by atoms with Crippen molar-refractivity contribution in [3.8, 4) is 0 Å². The molecule has 2 heteroatoms. The van der Waals surface area contributed by atoms with Crippen molar-refractivity contribution >= 4 is 8.80 Å². The highest BCUT2D eigenvalue weighted by atomic mass is 28.3. The van der Waals surface area contributed by atoms with Gasteiger partial charge in [-0.2, -0.15) is 0 Å². The van der Waals surface area contributed by atoms with Crippen LogP contribution in [-0.4, -0.2) is 39.5 Å². The van der Waals surface area contributed by atoms with Crippen LogP contribution >= 0.6 is 0 Å². The van der Waals surface area contributed by atoms with Crippen molar-refractivity contribution in [1.29, 1.82) is 0 Å². The van der Waals surface area contributed by atoms with E-state index in [-0.39, 0.29) is 8.80 Å². The van der Waals surface area contributed by atoms with E-state index in [0.29, 0.717) is 0 Å². The zero-order valence-corrected chi connectivity index (χ0v) is 16.3. The van der Waals surface area contributed by atoms with Crippen molar-refractivity contribution in [3.05, 3.63) is 0 Å². The molecule has 0 saturated heterocycles. The average Bonchev–Trinajstić information content (AvgIpc) is 2.44. The Morgan fingerprint density at radius 2 is 0.789 bits per heavy atom. The summed E-state index contributed by atoms with van der Waals surface area (Å²) < 4.78 is 1.28. The maximum Gasteiger partial charge on any atom is 0.0757 e. The highest BCUT2D eigenvalue weighted by molar-refractivity contribution is 6.58. The van der Waals surface area contributed by atoms with Gasteiger partial charge in [-0.1, -0.05) is 58.2 Å². The van der Waals surface area contributed by atoms with Crippen LogP contribution in [0.25, 0.3) is 0 Å². The lowest BCUT2D eigenvalue weighted by Crippen LogP contribution is -2.47. The van der Waals surface area contributed by atoms with Crippen molar-refractivity contribution in [3.63, 3.8) is 0 Å². The van der Waals surface area contributed by atoms with Crippen LogP contribution in [-0.2, 0) is 0 Å². The lowest BCUT2D eigenvalue weighted by Gasteiger charge is -2.34. The van der Waals surface area contributed by atoms with Crippen LogP contribution < -0.4 is 0 Å². The highest BCUT2D eigenvalue weighted by Gasteiger charge is 2.16. The van der Waals surface area contributed by atoms with Crippen LogP contribution in [0.3, 0.4) is 0 Å². The van der Waals surface area contributed by atoms with Gasteiger partial charge in [-0.15, -0.1) is 0 Å². The zero-order valence-electron chi connectivity index (χ0n) is 15.1. The number of quaternary nitrogens is 1. The molecule has 0 fully saturated rings. The highest BCUT2D eigenvalue weighted by Crippen LogP contribution is 2.11. The fourth-order valence-electron chi connectivity index (χ4n) is 3.00. The van der Waals surface area contributed by atoms with Gasteiger partial charge >= 0.3 is 0 Å². The average molecular weight is 289 g/mol. The monoisotopic (exact) mass is 288 g/mol. The van der Waals surface area contributed by atoms with Gasteiger partial charge in [-0.05, 0) is 27.7 Å². The summed E-state index contributed by atoms with van der Waals surface area (Å²) in [6.45, 7) is 21.2. The first-order chi connectivity index (χ1) is 9.09. The molecule has 0 heterocycles. The van der Waals surface area contributed by atoms with Gasteiger partial charge in [0.15, 0.2) is 0 Å². The van der Waals surface area contributed by atoms with Gasteiger partial charge in [0.05, 0.1) is 26.2 Å². The summed E-state index contributed by atoms with van der Waals surface area (Å²) in [5.74, 6) is 0. The van der Waals surface area contributed by atoms with E-state index in [2.05, 4.69) is 48.5 Å². The second-order valence-electron chi connectivity index (χ2n) is 5.84. The first-order valence-corrected chi connectivity index (χ1v) is 11.4. The summed E-state index contributed by atoms with van der Waals surface area (Å²) in [5.41, 5.74) is 0. The second-order valence-corrected chi connectivity index (χ2v) is 9.30. The summed E-state index contributed by atoms with van der Waals surface area (Å²) in [5, 5.41) is 0. The quantitative estimate of drug-likeness (QED) is 0.377. The van der Waals surface area contributed by atoms with Gasteiger partial charge in [0.25, 0.3) is 0 Å². The van der Waals surface area contributed by atoms with Gasteiger partial charge in [0.2, 0.25) is 0 Å². The third-order valence-electron chi connectivity index (χ3n) is 4.77. The Balaban J connectivity index is 0. The molecule has 0 aliphatic carbocycles. The molecule has 0 bridgehead atoms. The van der Waals surface area contributed by atoms with E-state index in [1.807, 2.05) is 0 Å². The number of hydrogen-bond donors (Lipinski definition) is 0. The summed E-state index contributed by atoms with van der Waals surface area (Å²) in [7, 11) is -0.234. The maximum absolute atomic E-state index is 2.32. The second kappa shape index (κ2) is 14.6. The molecule has 0 spiro atoms. The topological polar surface area (TPSA) is 0 Å². The molecule has 0 N–H and O–H groups in total. The minimum atomic E-state index is -0.234. The normalized spacial score (nSPS) is 11.4. The Hall–Kier alpha value is 0.177. The Labute approximate surface area is 126 Å². The fraction of sp³-hybridized carbons (Fsp3) is 1.00. The lowest BCUT2D eigenvalue weighted by atomic mass is 10.3. The minimum Gasteiger partial charge on any atom is -0.325 e. The molecule has 0 aliphatic heterocycles. The molecule has 118 valence electrons. The molecule has 0 atom stereocenters. The molecule has 1 nitrogen and oxygen atoms in total. The minimum absolute atomic E-state index is 0.234. The van der Waals surface area contributed by atoms with Crippen LogP contribution in [0.5, 0.6) is 0 Å². The molecule has 0 rings (SSSR count). The molecular weight excluding hydrogens is 246 g/mol. The Morgan fingerprint density at radius 1 is 0.526 bits per heavy atom. The summed E-state index contributed by atoms with van der Waals surface area (Å²) in [6.07, 6.45) is 4.28. The summed E-state index contributed by atoms with van der Waals surface area (Å²) in [6, 6.07) is 4.76. The third kappa shape index (κ3) is 10.6. The molecule has 0 aromatic rings. The van der Waals surface area contributed by atoms with Crippen LogP contribution in [0.1, 0.15) is 67.7 Å². The van der Waals surface area contributed by atoms with Gasteiger partial charge in [-0.25, -0.2) is 0 Å². The maximum atomic E-state index is 2.32. The van der Waals surface area contributed by atoms with Crippen molar-refractivity contribution in [2.45, 2.75) is 85.9 Å². The largest absolute Gasteiger partial charge is 0.325 e. The van der Waals surface area contributed by atoms with Gasteiger partial charge in [0.1, 0.15) is 0 Å². The van der Waals surface area contributed by atoms with E-state index in [0.717, 1.165) is 0 Å². The molecule has 0 radical (unpaired) electrons. The Bertz CT molecular complexity index is 135. The van der Waals surface area contributed by atoms with Crippen LogP contribution in [0.4, 0.5) is 0 Å². The molecule has 0 unspecified atom stereocenters. The number of rotatable bonds is 10. The molecule has 0 aromatic carbocycles. The fourth-order valence-corrected chi connectivity index (χ4v) is 6.31. The van der Waals surface area contributed by atoms with E-state index in [1.165, 1.54) is 49.9 Å². The summed E-state index contributed by atoms with van der Waals surface area (Å²) >= 11 is 0. The van der Waals surface area contributed by atoms with Crippen LogP contribution in [0.2, 0.25) is 18.1 Å². The molecule has 0 amide bonds. The van der Waals surface area contributed by atoms with Crippen LogP contribution in [0.15, 0.2) is 0 Å². The van der Waals surface area contributed by atoms with Crippen molar-refractivity contribution in [2.75, 3.05) is 26.2 Å². The van der Waals surface area contributed by atoms with Crippen molar-refractivity contribution in [1.82, 2.24) is 0 Å². The zero-order chi connectivity index (χ0) is 15.1. The van der Waals surface area contributed by atoms with Crippen molar-refractivity contribution in [2.24, 2.45) is 0 Å². The Morgan fingerprint density at radius 3 is 0.895 bits per heavy atom. The Kier molecular flexibility index (Phi) is 16.5. The molecule has 0 aliphatic rings. The van der Waals surface area contributed by atoms with Crippen LogP contribution in [0, 0.1) is 0 Å². The van der Waals surface area contributed by atoms with Crippen molar-refractivity contribution < 1.29 is 4.48 Å². The SMILES string of the molecule is CCC[SiH](CCC)CCC.CC[N+](CC)(CC)CC. The first-order valence-electron chi connectivity index (χ1n) is 8.94. The van der Waals surface area contributed by atoms with E-state index in [1.54, 1.807) is 18.1 Å². The predicted molar refractivity (Wildman–Crippen MR) is 94.9 cm³/mol. The van der Waals surface area contributed by atoms with E-state index in [9.17, 15) is 0 Å². The molecule has 0 saturated carbocycles. The van der Waals surface area contributed by atoms with Gasteiger partial charge < -0.3 is 4.48 Å². The number of hydrogen-bond acceptors (Lipinski definition) is 0. The summed E-state index contributed by atoms with van der Waals surface area (Å²) in [4.78, 5) is 0. The lowest BCUT2D eigenvalue weighted by molar-refractivity contribution is -0.921. The molecule has 0 aromatic heterocycles. The first kappa shape index (κ1) is 21.5. The smallest absolute Gasteiger partial charge is 0.0757 e. The molecule has 19 heavy (non-hydrogen) atoms. The predicted octanol–water partition coefficient (Wildman–Crippen LogP) is 5.33. The third-order valence-corrected chi connectivity index (χ3v) is 8.96. The van der Waals surface area contributed by atoms with E-state index >= 15 is 0 Å². The van der Waals surface area contributed by atoms with Gasteiger partial charge in [-0.3, -0.25) is 0 Å².